The van der Waals surface area contributed by atoms with Crippen LogP contribution in [0.4, 0.5) is 18.9 Å². The zero-order valence-electron chi connectivity index (χ0n) is 15.1. The van der Waals surface area contributed by atoms with Gasteiger partial charge in [-0.15, -0.1) is 12.4 Å². The van der Waals surface area contributed by atoms with Gasteiger partial charge in [-0.1, -0.05) is 48.0 Å². The number of hydrogen-bond acceptors (Lipinski definition) is 2. The molecule has 0 aliphatic heterocycles. The predicted octanol–water partition coefficient (Wildman–Crippen LogP) is 4.57. The number of benzene rings is 2. The van der Waals surface area contributed by atoms with Crippen LogP contribution in [0.2, 0.25) is 0 Å². The van der Waals surface area contributed by atoms with Crippen molar-refractivity contribution in [2.45, 2.75) is 32.4 Å². The fraction of sp³-hybridized carbons (Fsp3) is 0.350. The highest BCUT2D eigenvalue weighted by Crippen LogP contribution is 2.19. The third-order valence-electron chi connectivity index (χ3n) is 4.18. The van der Waals surface area contributed by atoms with Crippen molar-refractivity contribution in [3.05, 3.63) is 65.2 Å². The van der Waals surface area contributed by atoms with Crippen LogP contribution in [0.25, 0.3) is 0 Å². The Morgan fingerprint density at radius 1 is 1.04 bits per heavy atom. The molecule has 27 heavy (non-hydrogen) atoms. The fourth-order valence-corrected chi connectivity index (χ4v) is 2.69. The van der Waals surface area contributed by atoms with Gasteiger partial charge in [0.1, 0.15) is 6.54 Å². The molecule has 0 bridgehead atoms. The molecule has 0 saturated carbocycles. The average Bonchev–Trinajstić information content (AvgIpc) is 2.58. The van der Waals surface area contributed by atoms with Gasteiger partial charge in [0.2, 0.25) is 5.91 Å². The summed E-state index contributed by atoms with van der Waals surface area (Å²) in [4.78, 5) is 13.3. The number of rotatable bonds is 7. The summed E-state index contributed by atoms with van der Waals surface area (Å²) in [6.07, 6.45) is -3.72. The quantitative estimate of drug-likeness (QED) is 0.692. The molecule has 2 rings (SSSR count). The number of aryl methyl sites for hydroxylation is 2. The Balaban J connectivity index is 0.00000364. The number of carbonyl (C=O) groups is 1. The van der Waals surface area contributed by atoms with E-state index in [1.54, 1.807) is 24.3 Å². The fourth-order valence-electron chi connectivity index (χ4n) is 2.69. The van der Waals surface area contributed by atoms with E-state index in [0.717, 1.165) is 21.6 Å². The third-order valence-corrected chi connectivity index (χ3v) is 4.18. The zero-order valence-corrected chi connectivity index (χ0v) is 15.9. The van der Waals surface area contributed by atoms with Gasteiger partial charge in [0.25, 0.3) is 0 Å². The Hall–Kier alpha value is -2.21. The normalized spacial score (nSPS) is 11.0. The lowest BCUT2D eigenvalue weighted by atomic mass is 10.1. The minimum atomic E-state index is -4.42. The molecule has 0 spiro atoms. The van der Waals surface area contributed by atoms with E-state index in [4.69, 9.17) is 5.73 Å². The highest BCUT2D eigenvalue weighted by molar-refractivity contribution is 5.85. The van der Waals surface area contributed by atoms with Crippen LogP contribution in [0.1, 0.15) is 23.1 Å². The zero-order chi connectivity index (χ0) is 19.2. The van der Waals surface area contributed by atoms with Crippen LogP contribution in [0.15, 0.2) is 48.5 Å². The highest BCUT2D eigenvalue weighted by atomic mass is 35.5. The molecule has 0 fully saturated rings. The molecular weight excluding hydrogens is 377 g/mol. The van der Waals surface area contributed by atoms with Gasteiger partial charge in [0, 0.05) is 18.7 Å². The Bertz CT molecular complexity index is 733. The van der Waals surface area contributed by atoms with E-state index >= 15 is 0 Å². The number of nitrogens with zero attached hydrogens (tertiary/aromatic N) is 1. The maximum Gasteiger partial charge on any atom is 0.406 e. The van der Waals surface area contributed by atoms with Crippen LogP contribution in [0, 0.1) is 6.92 Å². The van der Waals surface area contributed by atoms with Gasteiger partial charge < -0.3 is 10.6 Å². The Morgan fingerprint density at radius 3 is 2.26 bits per heavy atom. The van der Waals surface area contributed by atoms with Gasteiger partial charge in [-0.3, -0.25) is 4.79 Å². The molecule has 2 aromatic carbocycles. The molecule has 2 aromatic rings. The lowest BCUT2D eigenvalue weighted by Gasteiger charge is -2.24. The van der Waals surface area contributed by atoms with Gasteiger partial charge in [0.15, 0.2) is 0 Å². The number of nitrogen functional groups attached to an aromatic ring is 1. The lowest BCUT2D eigenvalue weighted by molar-refractivity contribution is -0.161. The van der Waals surface area contributed by atoms with Crippen LogP contribution in [-0.4, -0.2) is 30.1 Å². The molecule has 0 radical (unpaired) electrons. The number of halogens is 4. The largest absolute Gasteiger partial charge is 0.406 e. The smallest absolute Gasteiger partial charge is 0.399 e. The van der Waals surface area contributed by atoms with Crippen LogP contribution in [0.5, 0.6) is 0 Å². The van der Waals surface area contributed by atoms with Crippen LogP contribution < -0.4 is 5.73 Å². The maximum absolute atomic E-state index is 12.9. The molecule has 0 aliphatic carbocycles. The van der Waals surface area contributed by atoms with Crippen molar-refractivity contribution >= 4 is 24.0 Å². The average molecular weight is 401 g/mol. The maximum atomic E-state index is 12.9. The number of para-hydroxylation sites is 1. The van der Waals surface area contributed by atoms with Gasteiger partial charge in [-0.05, 0) is 37.0 Å². The number of hydrogen-bond donors (Lipinski definition) is 1. The molecule has 3 nitrogen and oxygen atoms in total. The molecular formula is C20H24ClF3N2O. The summed E-state index contributed by atoms with van der Waals surface area (Å²) in [5.74, 6) is -0.516. The highest BCUT2D eigenvalue weighted by Gasteiger charge is 2.32. The molecule has 2 N–H and O–H groups in total. The van der Waals surface area contributed by atoms with E-state index in [0.29, 0.717) is 18.5 Å². The molecule has 0 heterocycles. The number of alkyl halides is 3. The predicted molar refractivity (Wildman–Crippen MR) is 104 cm³/mol. The molecule has 0 saturated heterocycles. The van der Waals surface area contributed by atoms with E-state index in [2.05, 4.69) is 0 Å². The molecule has 0 unspecified atom stereocenters. The first-order valence-electron chi connectivity index (χ1n) is 8.48. The van der Waals surface area contributed by atoms with Crippen molar-refractivity contribution in [1.82, 2.24) is 4.90 Å². The third kappa shape index (κ3) is 7.91. The van der Waals surface area contributed by atoms with Crippen molar-refractivity contribution in [1.29, 1.82) is 0 Å². The molecule has 0 aliphatic rings. The molecule has 0 aromatic heterocycles. The minimum Gasteiger partial charge on any atom is -0.399 e. The SMILES string of the molecule is Cc1ccc(CCN(CC(F)(F)F)C(=O)CCc2ccccc2N)cc1.Cl. The van der Waals surface area contributed by atoms with Gasteiger partial charge in [-0.25, -0.2) is 0 Å². The molecule has 148 valence electrons. The van der Waals surface area contributed by atoms with E-state index in [9.17, 15) is 18.0 Å². The second-order valence-corrected chi connectivity index (χ2v) is 6.36. The summed E-state index contributed by atoms with van der Waals surface area (Å²) in [5.41, 5.74) is 9.13. The van der Waals surface area contributed by atoms with Gasteiger partial charge >= 0.3 is 6.18 Å². The standard InChI is InChI=1S/C20H23F3N2O.ClH/c1-15-6-8-16(9-7-15)12-13-25(14-20(21,22)23)19(26)11-10-17-4-2-3-5-18(17)24;/h2-9H,10-14,24H2,1H3;1H. The monoisotopic (exact) mass is 400 g/mol. The second-order valence-electron chi connectivity index (χ2n) is 6.36. The van der Waals surface area contributed by atoms with E-state index in [1.165, 1.54) is 0 Å². The van der Waals surface area contributed by atoms with Crippen LogP contribution in [-0.2, 0) is 17.6 Å². The summed E-state index contributed by atoms with van der Waals surface area (Å²) < 4.78 is 38.6. The van der Waals surface area contributed by atoms with Crippen LogP contribution >= 0.6 is 12.4 Å². The summed E-state index contributed by atoms with van der Waals surface area (Å²) in [5, 5.41) is 0. The first-order chi connectivity index (χ1) is 12.2. The second kappa shape index (κ2) is 10.2. The summed E-state index contributed by atoms with van der Waals surface area (Å²) in [6.45, 7) is 0.742. The van der Waals surface area contributed by atoms with Crippen LogP contribution in [0.3, 0.4) is 0 Å². The Kier molecular flexibility index (Phi) is 8.63. The Labute approximate surface area is 163 Å². The van der Waals surface area contributed by atoms with Crippen molar-refractivity contribution in [3.63, 3.8) is 0 Å². The first-order valence-corrected chi connectivity index (χ1v) is 8.48. The van der Waals surface area contributed by atoms with Gasteiger partial charge in [0.05, 0.1) is 0 Å². The summed E-state index contributed by atoms with van der Waals surface area (Å²) in [6, 6.07) is 14.6. The van der Waals surface area contributed by atoms with E-state index in [1.807, 2.05) is 31.2 Å². The Morgan fingerprint density at radius 2 is 1.67 bits per heavy atom. The van der Waals surface area contributed by atoms with E-state index < -0.39 is 18.6 Å². The van der Waals surface area contributed by atoms with Crippen molar-refractivity contribution in [2.75, 3.05) is 18.8 Å². The van der Waals surface area contributed by atoms with Crippen molar-refractivity contribution in [2.24, 2.45) is 0 Å². The summed E-state index contributed by atoms with van der Waals surface area (Å²) in [7, 11) is 0. The molecule has 7 heteroatoms. The molecule has 1 amide bonds. The summed E-state index contributed by atoms with van der Waals surface area (Å²) >= 11 is 0. The topological polar surface area (TPSA) is 46.3 Å². The minimum absolute atomic E-state index is 0. The first kappa shape index (κ1) is 22.8. The van der Waals surface area contributed by atoms with E-state index in [-0.39, 0.29) is 25.4 Å². The van der Waals surface area contributed by atoms with Gasteiger partial charge in [-0.2, -0.15) is 13.2 Å². The van der Waals surface area contributed by atoms with Crippen molar-refractivity contribution in [3.8, 4) is 0 Å². The number of nitrogens with two attached hydrogens (primary N) is 1. The number of amides is 1. The van der Waals surface area contributed by atoms with Crippen molar-refractivity contribution < 1.29 is 18.0 Å². The number of anilines is 1. The lowest BCUT2D eigenvalue weighted by Crippen LogP contribution is -2.40. The molecule has 0 atom stereocenters. The number of carbonyl (C=O) groups excluding carboxylic acids is 1.